The second-order valence-electron chi connectivity index (χ2n) is 7.41. The Morgan fingerprint density at radius 2 is 1.81 bits per heavy atom. The van der Waals surface area contributed by atoms with E-state index in [1.54, 1.807) is 21.3 Å². The van der Waals surface area contributed by atoms with Crippen LogP contribution in [0.2, 0.25) is 0 Å². The quantitative estimate of drug-likeness (QED) is 0.596. The lowest BCUT2D eigenvalue weighted by Crippen LogP contribution is -2.48. The molecule has 6 nitrogen and oxygen atoms in total. The number of ether oxygens (including phenoxy) is 3. The van der Waals surface area contributed by atoms with Crippen LogP contribution in [0.1, 0.15) is 32.8 Å². The van der Waals surface area contributed by atoms with Crippen LogP contribution in [0.3, 0.4) is 0 Å². The number of likely N-dealkylation sites (N-methyl/N-ethyl adjacent to an activating group) is 1. The van der Waals surface area contributed by atoms with Gasteiger partial charge in [-0.3, -0.25) is 9.69 Å². The van der Waals surface area contributed by atoms with E-state index in [1.165, 1.54) is 0 Å². The average Bonchev–Trinajstić information content (AvgIpc) is 2.58. The molecule has 0 heterocycles. The van der Waals surface area contributed by atoms with Crippen molar-refractivity contribution < 1.29 is 19.0 Å². The van der Waals surface area contributed by atoms with Crippen LogP contribution in [0.25, 0.3) is 0 Å². The monoisotopic (exact) mass is 366 g/mol. The fraction of sp³-hybridized carbons (Fsp3) is 0.650. The highest BCUT2D eigenvalue weighted by atomic mass is 16.5. The number of nitrogens with zero attached hydrogens (tertiary/aromatic N) is 2. The fourth-order valence-electron chi connectivity index (χ4n) is 2.73. The van der Waals surface area contributed by atoms with Crippen molar-refractivity contribution in [3.8, 4) is 11.5 Å². The lowest BCUT2D eigenvalue weighted by atomic mass is 10.0. The third-order valence-electron chi connectivity index (χ3n) is 4.23. The minimum absolute atomic E-state index is 0.0929. The Balaban J connectivity index is 2.89. The highest BCUT2D eigenvalue weighted by Gasteiger charge is 2.28. The number of benzene rings is 1. The number of rotatable bonds is 10. The first-order valence-electron chi connectivity index (χ1n) is 8.91. The van der Waals surface area contributed by atoms with Crippen molar-refractivity contribution >= 4 is 5.91 Å². The topological polar surface area (TPSA) is 51.2 Å². The van der Waals surface area contributed by atoms with Crippen LogP contribution >= 0.6 is 0 Å². The van der Waals surface area contributed by atoms with Crippen LogP contribution < -0.4 is 9.47 Å². The summed E-state index contributed by atoms with van der Waals surface area (Å²) < 4.78 is 15.8. The van der Waals surface area contributed by atoms with E-state index in [2.05, 4.69) is 0 Å². The van der Waals surface area contributed by atoms with Gasteiger partial charge >= 0.3 is 0 Å². The number of amides is 1. The molecule has 1 rings (SSSR count). The third kappa shape index (κ3) is 6.84. The predicted octanol–water partition coefficient (Wildman–Crippen LogP) is 2.80. The molecule has 1 aromatic rings. The van der Waals surface area contributed by atoms with Crippen LogP contribution in [0.5, 0.6) is 11.5 Å². The zero-order valence-electron chi connectivity index (χ0n) is 17.3. The Hall–Kier alpha value is -1.79. The SMILES string of the molecule is COCCCN(C)CC(=O)N(Cc1ccc(OC)cc1OC)C(C)(C)C. The largest absolute Gasteiger partial charge is 0.497 e. The van der Waals surface area contributed by atoms with Crippen molar-refractivity contribution in [2.75, 3.05) is 48.1 Å². The number of hydrogen-bond donors (Lipinski definition) is 0. The molecule has 148 valence electrons. The van der Waals surface area contributed by atoms with Gasteiger partial charge in [-0.1, -0.05) is 0 Å². The van der Waals surface area contributed by atoms with Gasteiger partial charge in [-0.15, -0.1) is 0 Å². The molecule has 1 amide bonds. The summed E-state index contributed by atoms with van der Waals surface area (Å²) in [6, 6.07) is 5.68. The van der Waals surface area contributed by atoms with Crippen LogP contribution in [0.15, 0.2) is 18.2 Å². The fourth-order valence-corrected chi connectivity index (χ4v) is 2.73. The molecule has 0 bridgehead atoms. The molecular weight excluding hydrogens is 332 g/mol. The maximum atomic E-state index is 12.9. The summed E-state index contributed by atoms with van der Waals surface area (Å²) in [7, 11) is 6.90. The Morgan fingerprint density at radius 3 is 2.35 bits per heavy atom. The van der Waals surface area contributed by atoms with Gasteiger partial charge in [0.15, 0.2) is 0 Å². The van der Waals surface area contributed by atoms with Gasteiger partial charge in [-0.05, 0) is 46.4 Å². The summed E-state index contributed by atoms with van der Waals surface area (Å²) in [5, 5.41) is 0. The summed E-state index contributed by atoms with van der Waals surface area (Å²) in [4.78, 5) is 16.9. The van der Waals surface area contributed by atoms with Gasteiger partial charge in [0.1, 0.15) is 11.5 Å². The first-order valence-corrected chi connectivity index (χ1v) is 8.91. The first kappa shape index (κ1) is 22.3. The lowest BCUT2D eigenvalue weighted by Gasteiger charge is -2.37. The molecular formula is C20H34N2O4. The van der Waals surface area contributed by atoms with E-state index in [0.717, 1.165) is 30.0 Å². The molecule has 0 radical (unpaired) electrons. The molecule has 0 aromatic heterocycles. The number of methoxy groups -OCH3 is 3. The molecule has 0 atom stereocenters. The Bertz CT molecular complexity index is 569. The molecule has 0 spiro atoms. The minimum Gasteiger partial charge on any atom is -0.497 e. The molecule has 0 N–H and O–H groups in total. The first-order chi connectivity index (χ1) is 12.2. The zero-order valence-corrected chi connectivity index (χ0v) is 17.3. The Morgan fingerprint density at radius 1 is 1.12 bits per heavy atom. The second kappa shape index (κ2) is 10.4. The van der Waals surface area contributed by atoms with Crippen LogP contribution in [-0.4, -0.2) is 69.3 Å². The minimum atomic E-state index is -0.296. The Kier molecular flexibility index (Phi) is 8.88. The maximum Gasteiger partial charge on any atom is 0.237 e. The standard InChI is InChI=1S/C20H34N2O4/c1-20(2,3)22(19(23)15-21(4)11-8-12-24-5)14-16-9-10-17(25-6)13-18(16)26-7/h9-10,13H,8,11-12,14-15H2,1-7H3. The van der Waals surface area contributed by atoms with Crippen molar-refractivity contribution in [2.24, 2.45) is 0 Å². The van der Waals surface area contributed by atoms with Gasteiger partial charge in [0.25, 0.3) is 0 Å². The van der Waals surface area contributed by atoms with E-state index in [0.29, 0.717) is 19.7 Å². The van der Waals surface area contributed by atoms with Gasteiger partial charge in [-0.25, -0.2) is 0 Å². The molecule has 0 aliphatic heterocycles. The van der Waals surface area contributed by atoms with Crippen molar-refractivity contribution in [2.45, 2.75) is 39.3 Å². The highest BCUT2D eigenvalue weighted by molar-refractivity contribution is 5.79. The molecule has 26 heavy (non-hydrogen) atoms. The number of carbonyl (C=O) groups excluding carboxylic acids is 1. The van der Waals surface area contributed by atoms with Crippen molar-refractivity contribution in [3.63, 3.8) is 0 Å². The van der Waals surface area contributed by atoms with E-state index in [1.807, 2.05) is 55.8 Å². The summed E-state index contributed by atoms with van der Waals surface area (Å²) in [6.45, 7) is 8.53. The van der Waals surface area contributed by atoms with Gasteiger partial charge in [-0.2, -0.15) is 0 Å². The molecule has 0 unspecified atom stereocenters. The van der Waals surface area contributed by atoms with Crippen molar-refractivity contribution in [1.29, 1.82) is 0 Å². The number of carbonyl (C=O) groups is 1. The van der Waals surface area contributed by atoms with Gasteiger partial charge < -0.3 is 19.1 Å². The molecule has 1 aromatic carbocycles. The van der Waals surface area contributed by atoms with Crippen molar-refractivity contribution in [3.05, 3.63) is 23.8 Å². The Labute approximate surface area is 158 Å². The van der Waals surface area contributed by atoms with E-state index in [9.17, 15) is 4.79 Å². The third-order valence-corrected chi connectivity index (χ3v) is 4.23. The van der Waals surface area contributed by atoms with Crippen LogP contribution in [-0.2, 0) is 16.1 Å². The molecule has 0 saturated carbocycles. The summed E-state index contributed by atoms with van der Waals surface area (Å²) in [5.74, 6) is 1.55. The molecule has 0 aliphatic carbocycles. The highest BCUT2D eigenvalue weighted by Crippen LogP contribution is 2.28. The van der Waals surface area contributed by atoms with Crippen LogP contribution in [0, 0.1) is 0 Å². The molecule has 0 saturated heterocycles. The maximum absolute atomic E-state index is 12.9. The van der Waals surface area contributed by atoms with Gasteiger partial charge in [0, 0.05) is 44.0 Å². The molecule has 0 fully saturated rings. The normalized spacial score (nSPS) is 11.5. The molecule has 6 heteroatoms. The van der Waals surface area contributed by atoms with Crippen LogP contribution in [0.4, 0.5) is 0 Å². The average molecular weight is 367 g/mol. The van der Waals surface area contributed by atoms with Crippen molar-refractivity contribution in [1.82, 2.24) is 9.80 Å². The van der Waals surface area contributed by atoms with Gasteiger partial charge in [0.05, 0.1) is 20.8 Å². The zero-order chi connectivity index (χ0) is 19.7. The number of hydrogen-bond acceptors (Lipinski definition) is 5. The lowest BCUT2D eigenvalue weighted by molar-refractivity contribution is -0.137. The predicted molar refractivity (Wildman–Crippen MR) is 104 cm³/mol. The van der Waals surface area contributed by atoms with E-state index in [-0.39, 0.29) is 11.4 Å². The summed E-state index contributed by atoms with van der Waals surface area (Å²) >= 11 is 0. The summed E-state index contributed by atoms with van der Waals surface area (Å²) in [5.41, 5.74) is 0.661. The smallest absolute Gasteiger partial charge is 0.237 e. The van der Waals surface area contributed by atoms with E-state index in [4.69, 9.17) is 14.2 Å². The summed E-state index contributed by atoms with van der Waals surface area (Å²) in [6.07, 6.45) is 0.905. The molecule has 0 aliphatic rings. The second-order valence-corrected chi connectivity index (χ2v) is 7.41. The van der Waals surface area contributed by atoms with Gasteiger partial charge in [0.2, 0.25) is 5.91 Å². The van der Waals surface area contributed by atoms with E-state index < -0.39 is 0 Å². The van der Waals surface area contributed by atoms with E-state index >= 15 is 0 Å².